The van der Waals surface area contributed by atoms with Crippen molar-refractivity contribution >= 4 is 23.3 Å². The summed E-state index contributed by atoms with van der Waals surface area (Å²) in [7, 11) is 0. The molecule has 0 radical (unpaired) electrons. The van der Waals surface area contributed by atoms with Gasteiger partial charge < -0.3 is 10.2 Å². The average molecular weight is 380 g/mol. The summed E-state index contributed by atoms with van der Waals surface area (Å²) in [5, 5.41) is 2.83. The number of anilines is 1. The van der Waals surface area contributed by atoms with E-state index < -0.39 is 6.04 Å². The maximum atomic E-state index is 12.7. The number of Topliss-reactive ketones (excluding diaryl/α,β-unsaturated/α-hetero) is 1. The molecule has 0 heterocycles. The van der Waals surface area contributed by atoms with Crippen LogP contribution in [0.15, 0.2) is 54.6 Å². The van der Waals surface area contributed by atoms with E-state index in [-0.39, 0.29) is 30.4 Å². The SMILES string of the molecule is CCCN(C(=O)CCC(=O)c1ccc(C)cc1)C(C)C(=O)Nc1ccccc1. The number of nitrogens with one attached hydrogen (secondary N) is 1. The van der Waals surface area contributed by atoms with Crippen LogP contribution >= 0.6 is 0 Å². The summed E-state index contributed by atoms with van der Waals surface area (Å²) < 4.78 is 0. The highest BCUT2D eigenvalue weighted by molar-refractivity contribution is 5.99. The van der Waals surface area contributed by atoms with E-state index >= 15 is 0 Å². The highest BCUT2D eigenvalue weighted by atomic mass is 16.2. The molecule has 5 heteroatoms. The predicted molar refractivity (Wildman–Crippen MR) is 111 cm³/mol. The minimum absolute atomic E-state index is 0.0637. The topological polar surface area (TPSA) is 66.5 Å². The summed E-state index contributed by atoms with van der Waals surface area (Å²) in [6, 6.07) is 15.9. The number of ketones is 1. The summed E-state index contributed by atoms with van der Waals surface area (Å²) in [6.45, 7) is 6.11. The predicted octanol–water partition coefficient (Wildman–Crippen LogP) is 4.22. The molecule has 2 rings (SSSR count). The zero-order valence-electron chi connectivity index (χ0n) is 16.8. The van der Waals surface area contributed by atoms with E-state index in [0.717, 1.165) is 12.0 Å². The smallest absolute Gasteiger partial charge is 0.246 e. The molecule has 2 aromatic carbocycles. The normalized spacial score (nSPS) is 11.5. The molecular weight excluding hydrogens is 352 g/mol. The minimum atomic E-state index is -0.609. The lowest BCUT2D eigenvalue weighted by Crippen LogP contribution is -2.46. The van der Waals surface area contributed by atoms with Gasteiger partial charge in [-0.1, -0.05) is 55.0 Å². The van der Waals surface area contributed by atoms with Crippen molar-refractivity contribution in [1.82, 2.24) is 4.90 Å². The first-order chi connectivity index (χ1) is 13.4. The van der Waals surface area contributed by atoms with E-state index in [1.165, 1.54) is 0 Å². The molecule has 0 aromatic heterocycles. The fourth-order valence-electron chi connectivity index (χ4n) is 2.93. The summed E-state index contributed by atoms with van der Waals surface area (Å²) in [4.78, 5) is 39.2. The maximum Gasteiger partial charge on any atom is 0.246 e. The first-order valence-corrected chi connectivity index (χ1v) is 9.67. The van der Waals surface area contributed by atoms with Crippen LogP contribution in [0, 0.1) is 6.92 Å². The lowest BCUT2D eigenvalue weighted by atomic mass is 10.0. The quantitative estimate of drug-likeness (QED) is 0.662. The molecule has 2 aromatic rings. The molecule has 0 spiro atoms. The Morgan fingerprint density at radius 3 is 2.21 bits per heavy atom. The molecule has 1 N–H and O–H groups in total. The fraction of sp³-hybridized carbons (Fsp3) is 0.348. The Bertz CT molecular complexity index is 800. The lowest BCUT2D eigenvalue weighted by molar-refractivity contribution is -0.138. The van der Waals surface area contributed by atoms with Crippen molar-refractivity contribution in [2.24, 2.45) is 0 Å². The van der Waals surface area contributed by atoms with Crippen LogP contribution in [0.4, 0.5) is 5.69 Å². The second-order valence-corrected chi connectivity index (χ2v) is 6.91. The van der Waals surface area contributed by atoms with Gasteiger partial charge in [0, 0.05) is 30.6 Å². The van der Waals surface area contributed by atoms with E-state index in [0.29, 0.717) is 17.8 Å². The Morgan fingerprint density at radius 2 is 1.61 bits per heavy atom. The zero-order chi connectivity index (χ0) is 20.5. The van der Waals surface area contributed by atoms with Crippen LogP contribution in [0.5, 0.6) is 0 Å². The van der Waals surface area contributed by atoms with Gasteiger partial charge in [-0.05, 0) is 32.4 Å². The summed E-state index contributed by atoms with van der Waals surface area (Å²) in [5.74, 6) is -0.484. The molecule has 5 nitrogen and oxygen atoms in total. The number of carbonyl (C=O) groups is 3. The monoisotopic (exact) mass is 380 g/mol. The average Bonchev–Trinajstić information content (AvgIpc) is 2.70. The van der Waals surface area contributed by atoms with Gasteiger partial charge in [0.1, 0.15) is 6.04 Å². The number of benzene rings is 2. The number of amides is 2. The Morgan fingerprint density at radius 1 is 0.964 bits per heavy atom. The van der Waals surface area contributed by atoms with Gasteiger partial charge in [-0.15, -0.1) is 0 Å². The third-order valence-corrected chi connectivity index (χ3v) is 4.61. The maximum absolute atomic E-state index is 12.7. The molecule has 28 heavy (non-hydrogen) atoms. The van der Waals surface area contributed by atoms with Crippen molar-refractivity contribution in [3.8, 4) is 0 Å². The molecule has 1 unspecified atom stereocenters. The van der Waals surface area contributed by atoms with Crippen LogP contribution in [0.2, 0.25) is 0 Å². The number of hydrogen-bond acceptors (Lipinski definition) is 3. The van der Waals surface area contributed by atoms with Crippen LogP contribution in [0.25, 0.3) is 0 Å². The minimum Gasteiger partial charge on any atom is -0.331 e. The lowest BCUT2D eigenvalue weighted by Gasteiger charge is -2.28. The third kappa shape index (κ3) is 6.05. The van der Waals surface area contributed by atoms with Gasteiger partial charge in [0.25, 0.3) is 0 Å². The van der Waals surface area contributed by atoms with E-state index in [4.69, 9.17) is 0 Å². The number of rotatable bonds is 9. The van der Waals surface area contributed by atoms with Crippen molar-refractivity contribution in [3.05, 3.63) is 65.7 Å². The molecule has 0 saturated carbocycles. The fourth-order valence-corrected chi connectivity index (χ4v) is 2.93. The standard InChI is InChI=1S/C23H28N2O3/c1-4-16-25(18(3)23(28)24-20-8-6-5-7-9-20)22(27)15-14-21(26)19-12-10-17(2)11-13-19/h5-13,18H,4,14-16H2,1-3H3,(H,24,28). The van der Waals surface area contributed by atoms with Crippen molar-refractivity contribution in [2.45, 2.75) is 46.1 Å². The van der Waals surface area contributed by atoms with Gasteiger partial charge in [0.15, 0.2) is 5.78 Å². The van der Waals surface area contributed by atoms with Crippen molar-refractivity contribution in [1.29, 1.82) is 0 Å². The molecule has 0 bridgehead atoms. The van der Waals surface area contributed by atoms with E-state index in [1.54, 1.807) is 36.1 Å². The molecular formula is C23H28N2O3. The van der Waals surface area contributed by atoms with Crippen LogP contribution in [-0.2, 0) is 9.59 Å². The van der Waals surface area contributed by atoms with Crippen molar-refractivity contribution < 1.29 is 14.4 Å². The van der Waals surface area contributed by atoms with Crippen LogP contribution < -0.4 is 5.32 Å². The first-order valence-electron chi connectivity index (χ1n) is 9.67. The molecule has 0 saturated heterocycles. The van der Waals surface area contributed by atoms with Gasteiger partial charge in [0.2, 0.25) is 11.8 Å². The van der Waals surface area contributed by atoms with Crippen LogP contribution in [-0.4, -0.2) is 35.1 Å². The Hall–Kier alpha value is -2.95. The summed E-state index contributed by atoms with van der Waals surface area (Å²) in [6.07, 6.45) is 0.964. The van der Waals surface area contributed by atoms with Crippen molar-refractivity contribution in [2.75, 3.05) is 11.9 Å². The molecule has 1 atom stereocenters. The molecule has 0 aliphatic rings. The summed E-state index contributed by atoms with van der Waals surface area (Å²) >= 11 is 0. The Kier molecular flexibility index (Phi) is 7.93. The van der Waals surface area contributed by atoms with Crippen LogP contribution in [0.1, 0.15) is 49.0 Å². The summed E-state index contributed by atoms with van der Waals surface area (Å²) in [5.41, 5.74) is 2.38. The van der Waals surface area contributed by atoms with E-state index in [9.17, 15) is 14.4 Å². The second-order valence-electron chi connectivity index (χ2n) is 6.91. The molecule has 0 aliphatic carbocycles. The van der Waals surface area contributed by atoms with Crippen molar-refractivity contribution in [3.63, 3.8) is 0 Å². The highest BCUT2D eigenvalue weighted by Crippen LogP contribution is 2.13. The van der Waals surface area contributed by atoms with E-state index in [2.05, 4.69) is 5.32 Å². The van der Waals surface area contributed by atoms with Crippen LogP contribution in [0.3, 0.4) is 0 Å². The Labute approximate surface area is 166 Å². The number of hydrogen-bond donors (Lipinski definition) is 1. The number of aryl methyl sites for hydroxylation is 1. The molecule has 2 amide bonds. The van der Waals surface area contributed by atoms with E-state index in [1.807, 2.05) is 44.2 Å². The van der Waals surface area contributed by atoms with Gasteiger partial charge in [-0.3, -0.25) is 14.4 Å². The third-order valence-electron chi connectivity index (χ3n) is 4.61. The van der Waals surface area contributed by atoms with Gasteiger partial charge in [-0.2, -0.15) is 0 Å². The number of nitrogens with zero attached hydrogens (tertiary/aromatic N) is 1. The molecule has 0 aliphatic heterocycles. The highest BCUT2D eigenvalue weighted by Gasteiger charge is 2.25. The van der Waals surface area contributed by atoms with Gasteiger partial charge in [-0.25, -0.2) is 0 Å². The largest absolute Gasteiger partial charge is 0.331 e. The molecule has 148 valence electrons. The molecule has 0 fully saturated rings. The van der Waals surface area contributed by atoms with Gasteiger partial charge >= 0.3 is 0 Å². The van der Waals surface area contributed by atoms with Gasteiger partial charge in [0.05, 0.1) is 0 Å². The Balaban J connectivity index is 1.97. The number of carbonyl (C=O) groups excluding carboxylic acids is 3. The second kappa shape index (κ2) is 10.4. The number of para-hydroxylation sites is 1. The zero-order valence-corrected chi connectivity index (χ0v) is 16.8. The first kappa shape index (κ1) is 21.4.